The predicted molar refractivity (Wildman–Crippen MR) is 231 cm³/mol. The van der Waals surface area contributed by atoms with Crippen LogP contribution in [0.25, 0.3) is 11.2 Å². The summed E-state index contributed by atoms with van der Waals surface area (Å²) in [4.78, 5) is 88.2. The third-order valence-corrected chi connectivity index (χ3v) is 13.8. The van der Waals surface area contributed by atoms with Crippen LogP contribution in [0.4, 0.5) is 5.82 Å². The first-order valence-corrected chi connectivity index (χ1v) is 26.3. The molecule has 0 aliphatic carbocycles. The van der Waals surface area contributed by atoms with E-state index in [1.54, 1.807) is 0 Å². The van der Waals surface area contributed by atoms with Crippen molar-refractivity contribution in [2.75, 3.05) is 37.8 Å². The van der Waals surface area contributed by atoms with Gasteiger partial charge in [0, 0.05) is 37.1 Å². The van der Waals surface area contributed by atoms with Crippen LogP contribution in [0.5, 0.6) is 0 Å². The summed E-state index contributed by atoms with van der Waals surface area (Å²) < 4.78 is 62.3. The van der Waals surface area contributed by atoms with Gasteiger partial charge in [-0.25, -0.2) is 28.6 Å². The minimum absolute atomic E-state index is 0.0229. The molecule has 0 spiro atoms. The van der Waals surface area contributed by atoms with Crippen LogP contribution in [-0.4, -0.2) is 145 Å². The Kier molecular flexibility index (Phi) is 23.0. The summed E-state index contributed by atoms with van der Waals surface area (Å²) in [7, 11) is -16.5. The van der Waals surface area contributed by atoms with Crippen LogP contribution in [0, 0.1) is 5.41 Å². The summed E-state index contributed by atoms with van der Waals surface area (Å²) in [6.07, 6.45) is -0.481. The van der Waals surface area contributed by atoms with E-state index in [0.29, 0.717) is 6.42 Å². The van der Waals surface area contributed by atoms with E-state index in [9.17, 15) is 68.1 Å². The monoisotopic (exact) mass is 1010 g/mol. The van der Waals surface area contributed by atoms with Crippen LogP contribution in [0.2, 0.25) is 0 Å². The van der Waals surface area contributed by atoms with E-state index in [-0.39, 0.29) is 60.2 Å². The number of aliphatic hydroxyl groups excluding tert-OH is 4. The van der Waals surface area contributed by atoms with Crippen LogP contribution in [0.1, 0.15) is 97.6 Å². The number of nitrogens with zero attached hydrogens (tertiary/aromatic N) is 4. The van der Waals surface area contributed by atoms with Gasteiger partial charge < -0.3 is 61.1 Å². The number of carbonyl (C=O) groups is 3. The number of carbonyl (C=O) groups excluding carboxylic acids is 3. The topological polar surface area (TPSA) is 404 Å². The summed E-state index contributed by atoms with van der Waals surface area (Å²) in [6, 6.07) is 0. The number of phosphoric ester groups is 3. The normalized spacial score (nSPS) is 21.3. The first-order chi connectivity index (χ1) is 30.3. The molecule has 3 rings (SSSR count). The third-order valence-electron chi connectivity index (χ3n) is 9.85. The lowest BCUT2D eigenvalue weighted by molar-refractivity contribution is -0.137. The highest BCUT2D eigenvalue weighted by Gasteiger charge is 2.50. The quantitative estimate of drug-likeness (QED) is 0.0374. The first-order valence-electron chi connectivity index (χ1n) is 20.8. The van der Waals surface area contributed by atoms with Crippen molar-refractivity contribution in [1.29, 1.82) is 0 Å². The molecule has 30 heteroatoms. The lowest BCUT2D eigenvalue weighted by Crippen LogP contribution is -2.46. The van der Waals surface area contributed by atoms with Gasteiger partial charge >= 0.3 is 23.5 Å². The molecule has 65 heavy (non-hydrogen) atoms. The van der Waals surface area contributed by atoms with E-state index in [4.69, 9.17) is 19.5 Å². The van der Waals surface area contributed by atoms with Crippen LogP contribution in [0.3, 0.4) is 0 Å². The zero-order chi connectivity index (χ0) is 48.6. The average Bonchev–Trinajstić information content (AvgIpc) is 3.77. The van der Waals surface area contributed by atoms with Crippen LogP contribution >= 0.6 is 35.2 Å². The fourth-order valence-corrected chi connectivity index (χ4v) is 9.97. The maximum Gasteiger partial charge on any atom is 0.481 e. The molecule has 2 aromatic heterocycles. The number of unbranched alkanes of at least 4 members (excludes halogenated alkanes) is 6. The van der Waals surface area contributed by atoms with Crippen molar-refractivity contribution in [3.05, 3.63) is 12.7 Å². The number of hydrogen-bond donors (Lipinski definition) is 11. The number of nitrogens with one attached hydrogen (secondary N) is 2. The highest BCUT2D eigenvalue weighted by atomic mass is 32.2. The molecule has 1 fully saturated rings. The summed E-state index contributed by atoms with van der Waals surface area (Å²) in [5.41, 5.74) is 4.22. The highest BCUT2D eigenvalue weighted by molar-refractivity contribution is 8.13. The van der Waals surface area contributed by atoms with Crippen molar-refractivity contribution in [1.82, 2.24) is 30.2 Å². The number of thioether (sulfide) groups is 1. The second-order valence-electron chi connectivity index (χ2n) is 15.9. The van der Waals surface area contributed by atoms with E-state index in [1.165, 1.54) is 39.5 Å². The molecule has 372 valence electrons. The second-order valence-corrected chi connectivity index (χ2v) is 21.3. The Labute approximate surface area is 379 Å². The molecule has 12 N–H and O–H groups in total. The van der Waals surface area contributed by atoms with E-state index in [2.05, 4.69) is 41.3 Å². The van der Waals surface area contributed by atoms with E-state index >= 15 is 0 Å². The van der Waals surface area contributed by atoms with Crippen molar-refractivity contribution in [2.45, 2.75) is 134 Å². The number of nitrogen functional groups attached to an aromatic ring is 1. The first kappa shape index (κ1) is 56.8. The van der Waals surface area contributed by atoms with E-state index in [1.807, 2.05) is 0 Å². The number of ether oxygens (including phenoxy) is 1. The minimum Gasteiger partial charge on any atom is -0.393 e. The molecule has 9 unspecified atom stereocenters. The molecule has 1 aliphatic rings. The summed E-state index contributed by atoms with van der Waals surface area (Å²) in [6.45, 7) is 2.43. The van der Waals surface area contributed by atoms with Gasteiger partial charge in [-0.3, -0.25) is 32.5 Å². The second kappa shape index (κ2) is 26.3. The number of imidazole rings is 1. The molecular formula is C35H62N7O19P3S. The molecule has 1 saturated heterocycles. The molecule has 2 amide bonds. The Morgan fingerprint density at radius 1 is 0.938 bits per heavy atom. The smallest absolute Gasteiger partial charge is 0.393 e. The van der Waals surface area contributed by atoms with Gasteiger partial charge in [0.1, 0.15) is 36.3 Å². The van der Waals surface area contributed by atoms with Crippen molar-refractivity contribution in [3.63, 3.8) is 0 Å². The molecule has 9 atom stereocenters. The van der Waals surface area contributed by atoms with Gasteiger partial charge in [0.05, 0.1) is 31.7 Å². The number of nitrogens with two attached hydrogens (primary N) is 1. The largest absolute Gasteiger partial charge is 0.481 e. The summed E-state index contributed by atoms with van der Waals surface area (Å²) >= 11 is 0.915. The minimum atomic E-state index is -5.59. The number of rotatable bonds is 31. The number of aliphatic hydroxyl groups is 4. The van der Waals surface area contributed by atoms with Gasteiger partial charge in [-0.2, -0.15) is 4.31 Å². The fraction of sp³-hybridized carbons (Fsp3) is 0.771. The summed E-state index contributed by atoms with van der Waals surface area (Å²) in [5, 5.41) is 46.5. The maximum atomic E-state index is 12.7. The van der Waals surface area contributed by atoms with Crippen molar-refractivity contribution in [3.8, 4) is 0 Å². The molecule has 1 aliphatic heterocycles. The number of fused-ring (bicyclic) bond motifs is 1. The molecule has 0 saturated carbocycles. The maximum absolute atomic E-state index is 12.7. The molecule has 26 nitrogen and oxygen atoms in total. The number of aromatic nitrogens is 4. The van der Waals surface area contributed by atoms with Crippen LogP contribution in [0.15, 0.2) is 12.7 Å². The van der Waals surface area contributed by atoms with Crippen molar-refractivity contribution in [2.24, 2.45) is 5.41 Å². The third kappa shape index (κ3) is 19.9. The summed E-state index contributed by atoms with van der Waals surface area (Å²) in [5.74, 6) is -1.34. The Hall–Kier alpha value is -2.52. The Morgan fingerprint density at radius 2 is 1.60 bits per heavy atom. The lowest BCUT2D eigenvalue weighted by atomic mass is 9.87. The molecular weight excluding hydrogens is 947 g/mol. The van der Waals surface area contributed by atoms with E-state index < -0.39 is 96.8 Å². The highest BCUT2D eigenvalue weighted by Crippen LogP contribution is 2.61. The predicted octanol–water partition coefficient (Wildman–Crippen LogP) is 1.31. The Balaban J connectivity index is 1.37. The van der Waals surface area contributed by atoms with Crippen molar-refractivity contribution < 1.29 is 90.7 Å². The van der Waals surface area contributed by atoms with Crippen LogP contribution in [-0.2, 0) is 50.7 Å². The lowest BCUT2D eigenvalue weighted by Gasteiger charge is -2.30. The van der Waals surface area contributed by atoms with E-state index in [0.717, 1.165) is 48.2 Å². The van der Waals surface area contributed by atoms with Crippen molar-refractivity contribution >= 4 is 69.1 Å². The van der Waals surface area contributed by atoms with Crippen LogP contribution < -0.4 is 16.4 Å². The van der Waals surface area contributed by atoms with Gasteiger partial charge in [0.25, 0.3) is 0 Å². The van der Waals surface area contributed by atoms with Gasteiger partial charge in [-0.05, 0) is 12.8 Å². The number of amides is 2. The molecule has 0 aromatic carbocycles. The van der Waals surface area contributed by atoms with Gasteiger partial charge in [-0.1, -0.05) is 77.5 Å². The van der Waals surface area contributed by atoms with Gasteiger partial charge in [-0.15, -0.1) is 0 Å². The molecule has 3 heterocycles. The van der Waals surface area contributed by atoms with Gasteiger partial charge in [0.2, 0.25) is 11.8 Å². The Bertz CT molecular complexity index is 2000. The molecule has 0 bridgehead atoms. The molecule has 2 aromatic rings. The SMILES string of the molecule is CCCCCCCCCC(O)CC(O)CC(=O)SCCNC(=O)CCNC(=O)C(O)C(C)(C)COP(=O)(O)OP(=O)(O)OCC1OC(n2cnc3c(N)ncnc32)C(O)C1OP(=O)(O)O. The fourth-order valence-electron chi connectivity index (χ4n) is 6.40. The zero-order valence-corrected chi connectivity index (χ0v) is 39.7. The number of anilines is 1. The Morgan fingerprint density at radius 3 is 2.28 bits per heavy atom. The number of hydrogen-bond acceptors (Lipinski definition) is 20. The molecule has 0 radical (unpaired) electrons. The standard InChI is InChI=1S/C35H62N7O19P3S/c1-4-5-6-7-8-9-10-11-22(43)16-23(44)17-26(46)65-15-14-37-25(45)12-13-38-33(49)30(48)35(2,3)19-58-64(55,56)61-63(53,54)57-18-24-29(60-62(50,51)52)28(47)34(59-24)42-21-41-27-31(36)39-20-40-32(27)42/h20-24,28-30,34,43-44,47-48H,4-19H2,1-3H3,(H,37,45)(H,38,49)(H,53,54)(H,55,56)(H2,36,39,40)(H2,50,51,52). The average molecular weight is 1010 g/mol. The number of phosphoric acid groups is 3. The zero-order valence-electron chi connectivity index (χ0n) is 36.2. The van der Waals surface area contributed by atoms with Gasteiger partial charge in [0.15, 0.2) is 22.8 Å².